The van der Waals surface area contributed by atoms with Gasteiger partial charge >= 0.3 is 12.2 Å². The highest BCUT2D eigenvalue weighted by Gasteiger charge is 2.38. The van der Waals surface area contributed by atoms with Crippen molar-refractivity contribution in [3.05, 3.63) is 34.9 Å². The molecule has 0 radical (unpaired) electrons. The summed E-state index contributed by atoms with van der Waals surface area (Å²) in [6, 6.07) is 4.36. The average molecular weight is 495 g/mol. The molecule has 4 rings (SSSR count). The Bertz CT molecular complexity index is 987. The zero-order valence-electron chi connectivity index (χ0n) is 20.2. The lowest BCUT2D eigenvalue weighted by Crippen LogP contribution is -2.53. The molecule has 10 heteroatoms. The maximum Gasteiger partial charge on any atom is 0.416 e. The topological polar surface area (TPSA) is 77.7 Å². The molecular weight excluding hydrogens is 461 g/mol. The standard InChI is InChI=1S/C25H33F3N4O3/c1-16-3-4-17(12-21(16)25(26,27)28)18-11-19(22-13-29-23(30-22)7-10-35-2)15-32(14-18)24(34)31-8-5-20(33)6-9-31/h3-4,12,18-20,33H,5-11,13-15H2,1-2H3. The van der Waals surface area contributed by atoms with E-state index in [0.29, 0.717) is 76.4 Å². The number of aryl methyl sites for hydroxylation is 1. The van der Waals surface area contributed by atoms with Gasteiger partial charge in [-0.2, -0.15) is 13.2 Å². The molecule has 0 aliphatic carbocycles. The van der Waals surface area contributed by atoms with E-state index in [-0.39, 0.29) is 23.4 Å². The molecule has 1 aromatic carbocycles. The summed E-state index contributed by atoms with van der Waals surface area (Å²) < 4.78 is 45.9. The number of nitrogens with zero attached hydrogens (tertiary/aromatic N) is 4. The van der Waals surface area contributed by atoms with Gasteiger partial charge in [0, 0.05) is 57.3 Å². The highest BCUT2D eigenvalue weighted by atomic mass is 19.4. The Kier molecular flexibility index (Phi) is 7.80. The van der Waals surface area contributed by atoms with Crippen LogP contribution in [-0.4, -0.2) is 85.0 Å². The minimum absolute atomic E-state index is 0.0903. The summed E-state index contributed by atoms with van der Waals surface area (Å²) in [4.78, 5) is 26.1. The van der Waals surface area contributed by atoms with E-state index in [9.17, 15) is 23.1 Å². The van der Waals surface area contributed by atoms with E-state index in [0.717, 1.165) is 5.71 Å². The van der Waals surface area contributed by atoms with E-state index in [1.807, 2.05) is 0 Å². The molecule has 3 heterocycles. The molecule has 35 heavy (non-hydrogen) atoms. The summed E-state index contributed by atoms with van der Waals surface area (Å²) >= 11 is 0. The highest BCUT2D eigenvalue weighted by Crippen LogP contribution is 2.37. The van der Waals surface area contributed by atoms with Crippen LogP contribution in [0, 0.1) is 12.8 Å². The molecular formula is C25H33F3N4O3. The number of halogens is 3. The number of likely N-dealkylation sites (tertiary alicyclic amines) is 2. The van der Waals surface area contributed by atoms with Crippen molar-refractivity contribution in [3.8, 4) is 0 Å². The van der Waals surface area contributed by atoms with E-state index in [1.54, 1.807) is 23.0 Å². The molecule has 2 atom stereocenters. The lowest BCUT2D eigenvalue weighted by atomic mass is 9.81. The monoisotopic (exact) mass is 494 g/mol. The Labute approximate surface area is 203 Å². The van der Waals surface area contributed by atoms with Gasteiger partial charge in [-0.3, -0.25) is 4.99 Å². The summed E-state index contributed by atoms with van der Waals surface area (Å²) in [6.45, 7) is 4.16. The van der Waals surface area contributed by atoms with Gasteiger partial charge in [0.25, 0.3) is 0 Å². The molecule has 0 spiro atoms. The summed E-state index contributed by atoms with van der Waals surface area (Å²) in [5.41, 5.74) is 1.00. The minimum atomic E-state index is -4.43. The van der Waals surface area contributed by atoms with Crippen molar-refractivity contribution in [3.63, 3.8) is 0 Å². The number of alkyl halides is 3. The van der Waals surface area contributed by atoms with Crippen LogP contribution in [-0.2, 0) is 10.9 Å². The first kappa shape index (κ1) is 25.6. The van der Waals surface area contributed by atoms with E-state index in [2.05, 4.69) is 9.98 Å². The van der Waals surface area contributed by atoms with Crippen LogP contribution in [0.4, 0.5) is 18.0 Å². The molecule has 0 bridgehead atoms. The van der Waals surface area contributed by atoms with Crippen LogP contribution < -0.4 is 0 Å². The Balaban J connectivity index is 1.59. The Morgan fingerprint density at radius 1 is 1.17 bits per heavy atom. The number of ether oxygens (including phenoxy) is 1. The number of rotatable bonds is 5. The van der Waals surface area contributed by atoms with Gasteiger partial charge in [-0.15, -0.1) is 0 Å². The number of piperidine rings is 2. The Morgan fingerprint density at radius 2 is 1.89 bits per heavy atom. The second-order valence-corrected chi connectivity index (χ2v) is 9.69. The van der Waals surface area contributed by atoms with Crippen molar-refractivity contribution in [2.75, 3.05) is 46.4 Å². The van der Waals surface area contributed by atoms with Crippen molar-refractivity contribution in [2.24, 2.45) is 15.9 Å². The number of aliphatic hydroxyl groups excluding tert-OH is 1. The van der Waals surface area contributed by atoms with Gasteiger partial charge < -0.3 is 19.6 Å². The molecule has 0 aromatic heterocycles. The minimum Gasteiger partial charge on any atom is -0.393 e. The first-order valence-corrected chi connectivity index (χ1v) is 12.1. The Morgan fingerprint density at radius 3 is 2.57 bits per heavy atom. The zero-order valence-corrected chi connectivity index (χ0v) is 20.2. The van der Waals surface area contributed by atoms with Gasteiger partial charge in [0.2, 0.25) is 0 Å². The zero-order chi connectivity index (χ0) is 25.2. The third-order valence-electron chi connectivity index (χ3n) is 7.19. The van der Waals surface area contributed by atoms with Crippen LogP contribution in [0.3, 0.4) is 0 Å². The normalized spacial score (nSPS) is 23.9. The summed E-state index contributed by atoms with van der Waals surface area (Å²) in [5.74, 6) is 0.370. The number of hydrogen-bond donors (Lipinski definition) is 1. The number of carbonyl (C=O) groups is 1. The summed E-state index contributed by atoms with van der Waals surface area (Å²) in [7, 11) is 1.62. The third kappa shape index (κ3) is 6.03. The molecule has 192 valence electrons. The third-order valence-corrected chi connectivity index (χ3v) is 7.19. The quantitative estimate of drug-likeness (QED) is 0.675. The van der Waals surface area contributed by atoms with Crippen LogP contribution in [0.5, 0.6) is 0 Å². The number of methoxy groups -OCH3 is 1. The first-order chi connectivity index (χ1) is 16.7. The van der Waals surface area contributed by atoms with Gasteiger partial charge in [-0.05, 0) is 43.4 Å². The molecule has 3 aliphatic rings. The Hall–Kier alpha value is -2.46. The van der Waals surface area contributed by atoms with Crippen LogP contribution >= 0.6 is 0 Å². The first-order valence-electron chi connectivity index (χ1n) is 12.1. The van der Waals surface area contributed by atoms with Crippen molar-refractivity contribution in [1.29, 1.82) is 0 Å². The molecule has 7 nitrogen and oxygen atoms in total. The average Bonchev–Trinajstić information content (AvgIpc) is 3.31. The number of aliphatic imine (C=N–C) groups is 2. The molecule has 2 fully saturated rings. The smallest absolute Gasteiger partial charge is 0.393 e. The van der Waals surface area contributed by atoms with Crippen molar-refractivity contribution in [2.45, 2.75) is 50.8 Å². The number of amidine groups is 1. The molecule has 1 aromatic rings. The van der Waals surface area contributed by atoms with Gasteiger partial charge in [0.1, 0.15) is 5.84 Å². The number of carbonyl (C=O) groups excluding carboxylic acids is 1. The van der Waals surface area contributed by atoms with Gasteiger partial charge in [-0.25, -0.2) is 9.79 Å². The fourth-order valence-corrected chi connectivity index (χ4v) is 5.15. The van der Waals surface area contributed by atoms with E-state index < -0.39 is 17.8 Å². The number of urea groups is 1. The van der Waals surface area contributed by atoms with E-state index in [4.69, 9.17) is 4.74 Å². The molecule has 2 unspecified atom stereocenters. The molecule has 2 amide bonds. The lowest BCUT2D eigenvalue weighted by Gasteiger charge is -2.41. The SMILES string of the molecule is COCCC1=NCC(C2CC(c3ccc(C)c(C(F)(F)F)c3)CN(C(=O)N3CCC(O)CC3)C2)=N1. The number of hydrogen-bond acceptors (Lipinski definition) is 5. The lowest BCUT2D eigenvalue weighted by molar-refractivity contribution is -0.138. The largest absolute Gasteiger partial charge is 0.416 e. The number of aliphatic hydroxyl groups is 1. The highest BCUT2D eigenvalue weighted by molar-refractivity contribution is 6.05. The van der Waals surface area contributed by atoms with Gasteiger partial charge in [0.05, 0.1) is 24.8 Å². The van der Waals surface area contributed by atoms with Crippen molar-refractivity contribution >= 4 is 17.6 Å². The molecule has 0 saturated carbocycles. The van der Waals surface area contributed by atoms with Crippen LogP contribution in [0.25, 0.3) is 0 Å². The predicted molar refractivity (Wildman–Crippen MR) is 127 cm³/mol. The number of benzene rings is 1. The maximum absolute atomic E-state index is 13.6. The van der Waals surface area contributed by atoms with E-state index >= 15 is 0 Å². The van der Waals surface area contributed by atoms with E-state index in [1.165, 1.54) is 19.1 Å². The number of amides is 2. The fraction of sp³-hybridized carbons (Fsp3) is 0.640. The summed E-state index contributed by atoms with van der Waals surface area (Å²) in [5, 5.41) is 9.82. The molecule has 2 saturated heterocycles. The molecule has 1 N–H and O–H groups in total. The van der Waals surface area contributed by atoms with Crippen LogP contribution in [0.2, 0.25) is 0 Å². The summed E-state index contributed by atoms with van der Waals surface area (Å²) in [6.07, 6.45) is -2.57. The van der Waals surface area contributed by atoms with Crippen molar-refractivity contribution in [1.82, 2.24) is 9.80 Å². The van der Waals surface area contributed by atoms with Gasteiger partial charge in [-0.1, -0.05) is 12.1 Å². The second-order valence-electron chi connectivity index (χ2n) is 9.69. The van der Waals surface area contributed by atoms with Crippen LogP contribution in [0.15, 0.2) is 28.2 Å². The maximum atomic E-state index is 13.6. The van der Waals surface area contributed by atoms with Gasteiger partial charge in [0.15, 0.2) is 0 Å². The second kappa shape index (κ2) is 10.7. The van der Waals surface area contributed by atoms with Crippen LogP contribution in [0.1, 0.15) is 48.3 Å². The fourth-order valence-electron chi connectivity index (χ4n) is 5.15. The molecule has 3 aliphatic heterocycles. The predicted octanol–water partition coefficient (Wildman–Crippen LogP) is 3.89. The van der Waals surface area contributed by atoms with Crippen molar-refractivity contribution < 1.29 is 27.8 Å².